The molecule has 1 aromatic heterocycles. The van der Waals surface area contributed by atoms with Crippen molar-refractivity contribution in [3.05, 3.63) is 82.4 Å². The van der Waals surface area contributed by atoms with Gasteiger partial charge in [0, 0.05) is 23.5 Å². The average molecular weight is 485 g/mol. The number of benzene rings is 2. The lowest BCUT2D eigenvalue weighted by Crippen LogP contribution is -2.39. The number of nitrogens with zero attached hydrogens (tertiary/aromatic N) is 2. The lowest BCUT2D eigenvalue weighted by atomic mass is 10.2. The molecule has 176 valence electrons. The standard InChI is InChI=1S/C24H22F2N4O3S/c25-17-5-1-15(2-6-17)12-27-21(31)11-19-14-34-24(28-19)29-22(32)13-30(20-9-10-20)23(33)16-3-7-18(26)8-4-16/h1-8,14,20H,9-13H2,(H,27,31)(H,28,29,32). The Morgan fingerprint density at radius 3 is 2.26 bits per heavy atom. The maximum Gasteiger partial charge on any atom is 0.254 e. The third-order valence-electron chi connectivity index (χ3n) is 5.20. The molecule has 7 nitrogen and oxygen atoms in total. The van der Waals surface area contributed by atoms with E-state index in [1.807, 2.05) is 0 Å². The lowest BCUT2D eigenvalue weighted by molar-refractivity contribution is -0.120. The predicted octanol–water partition coefficient (Wildman–Crippen LogP) is 3.52. The van der Waals surface area contributed by atoms with Crippen molar-refractivity contribution in [3.63, 3.8) is 0 Å². The van der Waals surface area contributed by atoms with E-state index in [9.17, 15) is 23.2 Å². The Labute approximate surface area is 198 Å². The molecule has 0 radical (unpaired) electrons. The largest absolute Gasteiger partial charge is 0.352 e. The van der Waals surface area contributed by atoms with Gasteiger partial charge in [0.15, 0.2) is 5.13 Å². The first-order valence-electron chi connectivity index (χ1n) is 10.7. The second-order valence-electron chi connectivity index (χ2n) is 7.94. The first-order valence-corrected chi connectivity index (χ1v) is 11.6. The molecule has 0 atom stereocenters. The summed E-state index contributed by atoms with van der Waals surface area (Å²) in [4.78, 5) is 43.3. The summed E-state index contributed by atoms with van der Waals surface area (Å²) in [6.07, 6.45) is 1.66. The van der Waals surface area contributed by atoms with E-state index < -0.39 is 11.7 Å². The first kappa shape index (κ1) is 23.5. The Morgan fingerprint density at radius 1 is 0.971 bits per heavy atom. The zero-order valence-electron chi connectivity index (χ0n) is 18.1. The third-order valence-corrected chi connectivity index (χ3v) is 6.00. The van der Waals surface area contributed by atoms with Crippen molar-refractivity contribution in [3.8, 4) is 0 Å². The van der Waals surface area contributed by atoms with Crippen LogP contribution in [0, 0.1) is 11.6 Å². The fourth-order valence-corrected chi connectivity index (χ4v) is 4.03. The van der Waals surface area contributed by atoms with Crippen molar-refractivity contribution in [2.75, 3.05) is 11.9 Å². The molecule has 1 heterocycles. The van der Waals surface area contributed by atoms with Gasteiger partial charge in [-0.1, -0.05) is 12.1 Å². The molecule has 2 N–H and O–H groups in total. The number of hydrogen-bond acceptors (Lipinski definition) is 5. The van der Waals surface area contributed by atoms with Crippen LogP contribution >= 0.6 is 11.3 Å². The monoisotopic (exact) mass is 484 g/mol. The van der Waals surface area contributed by atoms with Crippen LogP contribution in [0.5, 0.6) is 0 Å². The number of hydrogen-bond donors (Lipinski definition) is 2. The van der Waals surface area contributed by atoms with Gasteiger partial charge in [-0.3, -0.25) is 14.4 Å². The maximum absolute atomic E-state index is 13.2. The second-order valence-corrected chi connectivity index (χ2v) is 8.80. The minimum atomic E-state index is -0.434. The molecule has 3 aromatic rings. The van der Waals surface area contributed by atoms with Crippen LogP contribution in [0.25, 0.3) is 0 Å². The van der Waals surface area contributed by atoms with Crippen molar-refractivity contribution in [1.82, 2.24) is 15.2 Å². The van der Waals surface area contributed by atoms with Crippen LogP contribution in [0.15, 0.2) is 53.9 Å². The van der Waals surface area contributed by atoms with E-state index in [1.165, 1.54) is 52.6 Å². The highest BCUT2D eigenvalue weighted by Gasteiger charge is 2.34. The summed E-state index contributed by atoms with van der Waals surface area (Å²) in [5, 5.41) is 7.42. The normalized spacial score (nSPS) is 12.8. The Hall–Kier alpha value is -3.66. The number of anilines is 1. The molecule has 1 aliphatic rings. The van der Waals surface area contributed by atoms with Gasteiger partial charge in [-0.05, 0) is 54.8 Å². The fraction of sp³-hybridized carbons (Fsp3) is 0.250. The van der Waals surface area contributed by atoms with Gasteiger partial charge >= 0.3 is 0 Å². The van der Waals surface area contributed by atoms with Crippen LogP contribution in [-0.4, -0.2) is 40.2 Å². The molecule has 4 rings (SSSR count). The van der Waals surface area contributed by atoms with Gasteiger partial charge in [-0.2, -0.15) is 0 Å². The zero-order chi connectivity index (χ0) is 24.1. The zero-order valence-corrected chi connectivity index (χ0v) is 18.9. The lowest BCUT2D eigenvalue weighted by Gasteiger charge is -2.21. The molecule has 1 saturated carbocycles. The molecule has 0 aliphatic heterocycles. The average Bonchev–Trinajstić information content (AvgIpc) is 3.57. The molecule has 2 aromatic carbocycles. The Bertz CT molecular complexity index is 1180. The van der Waals surface area contributed by atoms with Gasteiger partial charge in [0.2, 0.25) is 11.8 Å². The summed E-state index contributed by atoms with van der Waals surface area (Å²) >= 11 is 1.18. The molecular formula is C24H22F2N4O3S. The van der Waals surface area contributed by atoms with E-state index in [2.05, 4.69) is 15.6 Å². The van der Waals surface area contributed by atoms with Crippen molar-refractivity contribution in [2.24, 2.45) is 0 Å². The maximum atomic E-state index is 13.2. The summed E-state index contributed by atoms with van der Waals surface area (Å²) in [5.74, 6) is -1.75. The van der Waals surface area contributed by atoms with Crippen molar-refractivity contribution in [1.29, 1.82) is 0 Å². The van der Waals surface area contributed by atoms with Crippen LogP contribution in [0.4, 0.5) is 13.9 Å². The summed E-state index contributed by atoms with van der Waals surface area (Å²) in [6.45, 7) is 0.125. The van der Waals surface area contributed by atoms with Crippen molar-refractivity contribution in [2.45, 2.75) is 31.8 Å². The van der Waals surface area contributed by atoms with Crippen LogP contribution < -0.4 is 10.6 Å². The van der Waals surface area contributed by atoms with Crippen LogP contribution in [0.1, 0.15) is 34.5 Å². The number of aromatic nitrogens is 1. The molecule has 0 bridgehead atoms. The van der Waals surface area contributed by atoms with Gasteiger partial charge in [0.05, 0.1) is 12.1 Å². The van der Waals surface area contributed by atoms with E-state index >= 15 is 0 Å². The number of thiazole rings is 1. The number of halogens is 2. The predicted molar refractivity (Wildman–Crippen MR) is 123 cm³/mol. The van der Waals surface area contributed by atoms with Crippen LogP contribution in [0.2, 0.25) is 0 Å². The molecule has 1 aliphatic carbocycles. The van der Waals surface area contributed by atoms with Gasteiger partial charge in [-0.25, -0.2) is 13.8 Å². The quantitative estimate of drug-likeness (QED) is 0.486. The first-order chi connectivity index (χ1) is 16.4. The Morgan fingerprint density at radius 2 is 1.62 bits per heavy atom. The van der Waals surface area contributed by atoms with E-state index in [0.29, 0.717) is 16.4 Å². The highest BCUT2D eigenvalue weighted by atomic mass is 32.1. The summed E-state index contributed by atoms with van der Waals surface area (Å²) < 4.78 is 26.1. The van der Waals surface area contributed by atoms with Crippen LogP contribution in [-0.2, 0) is 22.6 Å². The highest BCUT2D eigenvalue weighted by molar-refractivity contribution is 7.13. The minimum absolute atomic E-state index is 0.0139. The molecule has 10 heteroatoms. The Balaban J connectivity index is 1.28. The summed E-state index contributed by atoms with van der Waals surface area (Å²) in [6, 6.07) is 11.1. The number of carbonyl (C=O) groups is 3. The van der Waals surface area contributed by atoms with Crippen molar-refractivity contribution >= 4 is 34.2 Å². The fourth-order valence-electron chi connectivity index (χ4n) is 3.30. The summed E-state index contributed by atoms with van der Waals surface area (Å²) in [7, 11) is 0. The second kappa shape index (κ2) is 10.5. The van der Waals surface area contributed by atoms with Gasteiger partial charge in [-0.15, -0.1) is 11.3 Å². The molecule has 3 amide bonds. The van der Waals surface area contributed by atoms with Crippen molar-refractivity contribution < 1.29 is 23.2 Å². The third kappa shape index (κ3) is 6.44. The Kier molecular flexibility index (Phi) is 7.27. The van der Waals surface area contributed by atoms with Gasteiger partial charge in [0.1, 0.15) is 18.2 Å². The smallest absolute Gasteiger partial charge is 0.254 e. The van der Waals surface area contributed by atoms with E-state index in [-0.39, 0.29) is 43.2 Å². The highest BCUT2D eigenvalue weighted by Crippen LogP contribution is 2.28. The minimum Gasteiger partial charge on any atom is -0.352 e. The summed E-state index contributed by atoms with van der Waals surface area (Å²) in [5.41, 5.74) is 1.60. The molecule has 0 saturated heterocycles. The van der Waals surface area contributed by atoms with E-state index in [4.69, 9.17) is 0 Å². The number of carbonyl (C=O) groups excluding carboxylic acids is 3. The number of rotatable bonds is 9. The molecule has 34 heavy (non-hydrogen) atoms. The van der Waals surface area contributed by atoms with E-state index in [1.54, 1.807) is 17.5 Å². The number of nitrogens with one attached hydrogen (secondary N) is 2. The SMILES string of the molecule is O=C(Cc1csc(NC(=O)CN(C(=O)c2ccc(F)cc2)C2CC2)n1)NCc1ccc(F)cc1. The van der Waals surface area contributed by atoms with Gasteiger partial charge < -0.3 is 15.5 Å². The number of amides is 3. The van der Waals surface area contributed by atoms with Crippen LogP contribution in [0.3, 0.4) is 0 Å². The molecular weight excluding hydrogens is 462 g/mol. The van der Waals surface area contributed by atoms with E-state index in [0.717, 1.165) is 18.4 Å². The molecule has 0 unspecified atom stereocenters. The molecule has 0 spiro atoms. The molecule has 1 fully saturated rings. The van der Waals surface area contributed by atoms with Gasteiger partial charge in [0.25, 0.3) is 5.91 Å². The topological polar surface area (TPSA) is 91.4 Å².